The van der Waals surface area contributed by atoms with E-state index < -0.39 is 10.0 Å². The van der Waals surface area contributed by atoms with Crippen LogP contribution in [0.3, 0.4) is 0 Å². The molecule has 0 amide bonds. The molecule has 2 N–H and O–H groups in total. The van der Waals surface area contributed by atoms with Crippen molar-refractivity contribution in [3.63, 3.8) is 0 Å². The predicted molar refractivity (Wildman–Crippen MR) is 140 cm³/mol. The molecule has 1 heterocycles. The first-order valence-electron chi connectivity index (χ1n) is 11.2. The zero-order chi connectivity index (χ0) is 24.6. The molecule has 34 heavy (non-hydrogen) atoms. The van der Waals surface area contributed by atoms with E-state index in [1.165, 1.54) is 0 Å². The van der Waals surface area contributed by atoms with Crippen molar-refractivity contribution in [2.45, 2.75) is 45.6 Å². The molecule has 0 aliphatic carbocycles. The second-order valence-electron chi connectivity index (χ2n) is 9.00. The molecule has 0 bridgehead atoms. The number of hydrogen-bond acceptors (Lipinski definition) is 4. The molecule has 0 aliphatic heterocycles. The zero-order valence-corrected chi connectivity index (χ0v) is 21.5. The van der Waals surface area contributed by atoms with Gasteiger partial charge in [0.05, 0.1) is 15.9 Å². The topological polar surface area (TPSA) is 76.0 Å². The Morgan fingerprint density at radius 3 is 2.41 bits per heavy atom. The Kier molecular flexibility index (Phi) is 6.71. The normalized spacial score (nSPS) is 12.9. The van der Waals surface area contributed by atoms with Crippen LogP contribution in [0.1, 0.15) is 31.9 Å². The van der Waals surface area contributed by atoms with E-state index in [0.29, 0.717) is 22.0 Å². The Morgan fingerprint density at radius 2 is 1.74 bits per heavy atom. The lowest BCUT2D eigenvalue weighted by molar-refractivity contribution is 0.476. The van der Waals surface area contributed by atoms with Crippen LogP contribution in [0.4, 0.5) is 11.6 Å². The van der Waals surface area contributed by atoms with Gasteiger partial charge < -0.3 is 5.32 Å². The monoisotopic (exact) mass is 496 g/mol. The van der Waals surface area contributed by atoms with Crippen LogP contribution in [-0.4, -0.2) is 24.0 Å². The number of aromatic nitrogens is 2. The smallest absolute Gasteiger partial charge is 0.240 e. The first-order chi connectivity index (χ1) is 16.0. The molecule has 1 unspecified atom stereocenters. The number of rotatable bonds is 7. The van der Waals surface area contributed by atoms with Crippen LogP contribution in [0, 0.1) is 19.8 Å². The van der Waals surface area contributed by atoms with Crippen molar-refractivity contribution in [2.24, 2.45) is 5.92 Å². The molecule has 0 aliphatic rings. The van der Waals surface area contributed by atoms with E-state index in [0.717, 1.165) is 22.5 Å². The van der Waals surface area contributed by atoms with Crippen LogP contribution in [0.25, 0.3) is 16.7 Å². The highest BCUT2D eigenvalue weighted by Gasteiger charge is 2.22. The molecular formula is C26H29ClN4O2S. The van der Waals surface area contributed by atoms with Crippen LogP contribution in [0.5, 0.6) is 0 Å². The maximum atomic E-state index is 13.1. The number of fused-ring (bicyclic) bond motifs is 1. The summed E-state index contributed by atoms with van der Waals surface area (Å²) in [6.07, 6.45) is 0. The van der Waals surface area contributed by atoms with Crippen LogP contribution in [0.2, 0.25) is 5.02 Å². The van der Waals surface area contributed by atoms with Gasteiger partial charge in [-0.3, -0.25) is 4.57 Å². The summed E-state index contributed by atoms with van der Waals surface area (Å²) in [7, 11) is -3.69. The first-order valence-corrected chi connectivity index (χ1v) is 13.1. The number of benzene rings is 3. The van der Waals surface area contributed by atoms with Crippen LogP contribution in [0.15, 0.2) is 65.6 Å². The zero-order valence-electron chi connectivity index (χ0n) is 19.9. The van der Waals surface area contributed by atoms with Gasteiger partial charge in [0.2, 0.25) is 16.0 Å². The molecule has 0 saturated heterocycles. The maximum Gasteiger partial charge on any atom is 0.240 e. The number of sulfonamides is 1. The largest absolute Gasteiger partial charge is 0.325 e. The van der Waals surface area contributed by atoms with Gasteiger partial charge in [-0.15, -0.1) is 0 Å². The summed E-state index contributed by atoms with van der Waals surface area (Å²) in [4.78, 5) is 4.97. The molecule has 1 aromatic heterocycles. The molecule has 0 radical (unpaired) electrons. The fourth-order valence-corrected chi connectivity index (χ4v) is 5.18. The van der Waals surface area contributed by atoms with E-state index in [1.807, 2.05) is 81.7 Å². The predicted octanol–water partition coefficient (Wildman–Crippen LogP) is 6.36. The van der Waals surface area contributed by atoms with Crippen molar-refractivity contribution in [3.8, 4) is 5.69 Å². The minimum atomic E-state index is -3.69. The van der Waals surface area contributed by atoms with Crippen molar-refractivity contribution in [1.82, 2.24) is 14.3 Å². The molecule has 1 atom stereocenters. The van der Waals surface area contributed by atoms with Gasteiger partial charge in [0.1, 0.15) is 0 Å². The average molecular weight is 497 g/mol. The molecule has 0 spiro atoms. The van der Waals surface area contributed by atoms with E-state index in [-0.39, 0.29) is 16.9 Å². The fourth-order valence-electron chi connectivity index (χ4n) is 3.58. The lowest BCUT2D eigenvalue weighted by Crippen LogP contribution is -2.36. The Bertz CT molecular complexity index is 1460. The third-order valence-corrected chi connectivity index (χ3v) is 7.93. The van der Waals surface area contributed by atoms with Gasteiger partial charge in [-0.25, -0.2) is 18.1 Å². The van der Waals surface area contributed by atoms with Gasteiger partial charge >= 0.3 is 0 Å². The summed E-state index contributed by atoms with van der Waals surface area (Å²) in [5.41, 5.74) is 5.10. The highest BCUT2D eigenvalue weighted by atomic mass is 35.5. The van der Waals surface area contributed by atoms with E-state index in [4.69, 9.17) is 16.6 Å². The molecule has 3 aromatic carbocycles. The molecule has 6 nitrogen and oxygen atoms in total. The number of imidazole rings is 1. The molecule has 178 valence electrons. The highest BCUT2D eigenvalue weighted by Crippen LogP contribution is 2.30. The summed E-state index contributed by atoms with van der Waals surface area (Å²) >= 11 is 6.33. The van der Waals surface area contributed by atoms with E-state index in [9.17, 15) is 8.42 Å². The summed E-state index contributed by atoms with van der Waals surface area (Å²) in [6, 6.07) is 18.5. The van der Waals surface area contributed by atoms with E-state index >= 15 is 0 Å². The van der Waals surface area contributed by atoms with E-state index in [2.05, 4.69) is 10.0 Å². The Balaban J connectivity index is 1.87. The Labute approximate surface area is 206 Å². The molecule has 4 aromatic rings. The lowest BCUT2D eigenvalue weighted by atomic mass is 10.1. The number of hydrogen-bond donors (Lipinski definition) is 2. The number of halogens is 1. The average Bonchev–Trinajstić information content (AvgIpc) is 3.13. The fraction of sp³-hybridized carbons (Fsp3) is 0.269. The van der Waals surface area contributed by atoms with Crippen molar-refractivity contribution in [2.75, 3.05) is 5.32 Å². The summed E-state index contributed by atoms with van der Waals surface area (Å²) < 4.78 is 30.9. The van der Waals surface area contributed by atoms with Gasteiger partial charge in [0.15, 0.2) is 0 Å². The molecule has 4 rings (SSSR count). The minimum absolute atomic E-state index is 0.175. The van der Waals surface area contributed by atoms with Crippen LogP contribution >= 0.6 is 11.6 Å². The standard InChI is InChI=1S/C26H29ClN4O2S/c1-16(2)19(5)30-34(32,33)22-11-12-24-25(15-22)31(21-8-6-7-17(3)13-21)26(29-24)28-20-10-9-18(4)23(27)14-20/h6-16,19,30H,1-5H3,(H,28,29). The van der Waals surface area contributed by atoms with Crippen molar-refractivity contribution in [3.05, 3.63) is 76.8 Å². The minimum Gasteiger partial charge on any atom is -0.325 e. The van der Waals surface area contributed by atoms with E-state index in [1.54, 1.807) is 18.2 Å². The van der Waals surface area contributed by atoms with Gasteiger partial charge in [-0.05, 0) is 80.3 Å². The summed E-state index contributed by atoms with van der Waals surface area (Å²) in [5.74, 6) is 0.743. The quantitative estimate of drug-likeness (QED) is 0.312. The first kappa shape index (κ1) is 24.3. The Hall–Kier alpha value is -2.87. The maximum absolute atomic E-state index is 13.1. The molecule has 0 fully saturated rings. The lowest BCUT2D eigenvalue weighted by Gasteiger charge is -2.17. The summed E-state index contributed by atoms with van der Waals surface area (Å²) in [5, 5.41) is 4.01. The summed E-state index contributed by atoms with van der Waals surface area (Å²) in [6.45, 7) is 9.80. The van der Waals surface area contributed by atoms with Crippen LogP contribution < -0.4 is 10.0 Å². The number of anilines is 2. The second kappa shape index (κ2) is 9.41. The number of nitrogens with one attached hydrogen (secondary N) is 2. The van der Waals surface area contributed by atoms with Crippen molar-refractivity contribution < 1.29 is 8.42 Å². The number of nitrogens with zero attached hydrogens (tertiary/aromatic N) is 2. The van der Waals surface area contributed by atoms with Gasteiger partial charge in [-0.1, -0.05) is 43.6 Å². The third kappa shape index (κ3) is 4.97. The molecule has 8 heteroatoms. The highest BCUT2D eigenvalue weighted by molar-refractivity contribution is 7.89. The molecule has 0 saturated carbocycles. The Morgan fingerprint density at radius 1 is 0.971 bits per heavy atom. The SMILES string of the molecule is Cc1cccc(-n2c(Nc3ccc(C)c(Cl)c3)nc3ccc(S(=O)(=O)NC(C)C(C)C)cc32)c1. The van der Waals surface area contributed by atoms with Gasteiger partial charge in [0.25, 0.3) is 0 Å². The van der Waals surface area contributed by atoms with Crippen molar-refractivity contribution >= 4 is 44.3 Å². The molecular weight excluding hydrogens is 468 g/mol. The second-order valence-corrected chi connectivity index (χ2v) is 11.1. The van der Waals surface area contributed by atoms with Gasteiger partial charge in [-0.2, -0.15) is 0 Å². The number of aryl methyl sites for hydroxylation is 2. The third-order valence-electron chi connectivity index (χ3n) is 5.97. The van der Waals surface area contributed by atoms with Crippen molar-refractivity contribution in [1.29, 1.82) is 0 Å². The van der Waals surface area contributed by atoms with Gasteiger partial charge in [0, 0.05) is 22.4 Å². The van der Waals surface area contributed by atoms with Crippen LogP contribution in [-0.2, 0) is 10.0 Å².